The molecule has 1 N–H and O–H groups in total. The summed E-state index contributed by atoms with van der Waals surface area (Å²) in [5, 5.41) is 5.38. The highest BCUT2D eigenvalue weighted by atomic mass is 32.1. The Kier molecular flexibility index (Phi) is 4.53. The van der Waals surface area contributed by atoms with Crippen molar-refractivity contribution in [2.45, 2.75) is 13.0 Å². The number of fused-ring (bicyclic) bond motifs is 1. The monoisotopic (exact) mass is 370 g/mol. The Labute approximate surface area is 153 Å². The van der Waals surface area contributed by atoms with E-state index in [1.165, 1.54) is 23.5 Å². The van der Waals surface area contributed by atoms with Gasteiger partial charge in [0.05, 0.1) is 12.1 Å². The zero-order valence-electron chi connectivity index (χ0n) is 13.7. The highest BCUT2D eigenvalue weighted by Crippen LogP contribution is 2.32. The largest absolute Gasteiger partial charge is 0.454 e. The van der Waals surface area contributed by atoms with Crippen LogP contribution in [0.4, 0.5) is 4.39 Å². The van der Waals surface area contributed by atoms with Crippen LogP contribution in [0.5, 0.6) is 11.5 Å². The van der Waals surface area contributed by atoms with Gasteiger partial charge in [-0.2, -0.15) is 0 Å². The number of thiazole rings is 1. The third-order valence-corrected chi connectivity index (χ3v) is 4.83. The highest BCUT2D eigenvalue weighted by molar-refractivity contribution is 7.13. The molecule has 4 rings (SSSR count). The number of benzene rings is 2. The fourth-order valence-corrected chi connectivity index (χ4v) is 3.44. The molecule has 1 amide bonds. The summed E-state index contributed by atoms with van der Waals surface area (Å²) in [5.74, 6) is 0.975. The predicted molar refractivity (Wildman–Crippen MR) is 95.6 cm³/mol. The number of carbonyl (C=O) groups is 1. The van der Waals surface area contributed by atoms with Crippen molar-refractivity contribution < 1.29 is 18.7 Å². The zero-order valence-corrected chi connectivity index (χ0v) is 14.5. The van der Waals surface area contributed by atoms with E-state index >= 15 is 0 Å². The maximum Gasteiger partial charge on any atom is 0.231 e. The molecule has 1 aliphatic rings. The third-order valence-electron chi connectivity index (χ3n) is 3.89. The SMILES string of the molecule is O=C(Cc1csc(-c2cccc(F)c2)n1)NCc1ccc2c(c1)OCO2. The van der Waals surface area contributed by atoms with Gasteiger partial charge in [-0.3, -0.25) is 4.79 Å². The van der Waals surface area contributed by atoms with Gasteiger partial charge >= 0.3 is 0 Å². The number of rotatable bonds is 5. The molecule has 0 aliphatic carbocycles. The summed E-state index contributed by atoms with van der Waals surface area (Å²) in [4.78, 5) is 16.6. The van der Waals surface area contributed by atoms with Crippen molar-refractivity contribution in [3.05, 3.63) is 64.9 Å². The van der Waals surface area contributed by atoms with Gasteiger partial charge in [-0.05, 0) is 29.8 Å². The van der Waals surface area contributed by atoms with Gasteiger partial charge in [0.2, 0.25) is 12.7 Å². The Morgan fingerprint density at radius 3 is 2.96 bits per heavy atom. The second kappa shape index (κ2) is 7.13. The Morgan fingerprint density at radius 1 is 1.19 bits per heavy atom. The molecule has 1 aromatic heterocycles. The summed E-state index contributed by atoms with van der Waals surface area (Å²) in [5.41, 5.74) is 2.31. The van der Waals surface area contributed by atoms with Crippen molar-refractivity contribution >= 4 is 17.2 Å². The number of hydrogen-bond acceptors (Lipinski definition) is 5. The van der Waals surface area contributed by atoms with Crippen LogP contribution in [0, 0.1) is 5.82 Å². The smallest absolute Gasteiger partial charge is 0.231 e. The standard InChI is InChI=1S/C19H15FN2O3S/c20-14-3-1-2-13(7-14)19-22-15(10-26-19)8-18(23)21-9-12-4-5-16-17(6-12)25-11-24-16/h1-7,10H,8-9,11H2,(H,21,23). The van der Waals surface area contributed by atoms with E-state index in [1.807, 2.05) is 23.6 Å². The molecule has 2 aromatic carbocycles. The molecule has 7 heteroatoms. The van der Waals surface area contributed by atoms with Gasteiger partial charge in [-0.1, -0.05) is 18.2 Å². The van der Waals surface area contributed by atoms with Gasteiger partial charge in [0.25, 0.3) is 0 Å². The lowest BCUT2D eigenvalue weighted by Gasteiger charge is -2.05. The highest BCUT2D eigenvalue weighted by Gasteiger charge is 2.14. The minimum atomic E-state index is -0.305. The molecule has 5 nitrogen and oxygen atoms in total. The van der Waals surface area contributed by atoms with Crippen molar-refractivity contribution in [1.82, 2.24) is 10.3 Å². The van der Waals surface area contributed by atoms with Gasteiger partial charge in [-0.25, -0.2) is 9.37 Å². The number of carbonyl (C=O) groups excluding carboxylic acids is 1. The quantitative estimate of drug-likeness (QED) is 0.746. The Hall–Kier alpha value is -2.93. The first kappa shape index (κ1) is 16.5. The summed E-state index contributed by atoms with van der Waals surface area (Å²) in [7, 11) is 0. The van der Waals surface area contributed by atoms with E-state index < -0.39 is 0 Å². The molecule has 0 unspecified atom stereocenters. The molecular weight excluding hydrogens is 355 g/mol. The van der Waals surface area contributed by atoms with Gasteiger partial charge in [0, 0.05) is 17.5 Å². The minimum Gasteiger partial charge on any atom is -0.454 e. The average Bonchev–Trinajstić information content (AvgIpc) is 3.28. The molecule has 2 heterocycles. The third kappa shape index (κ3) is 3.67. The van der Waals surface area contributed by atoms with Gasteiger partial charge in [-0.15, -0.1) is 11.3 Å². The van der Waals surface area contributed by atoms with Crippen molar-refractivity contribution in [2.75, 3.05) is 6.79 Å². The molecule has 0 atom stereocenters. The summed E-state index contributed by atoms with van der Waals surface area (Å²) in [6.45, 7) is 0.624. The maximum absolute atomic E-state index is 13.3. The van der Waals surface area contributed by atoms with Crippen molar-refractivity contribution in [1.29, 1.82) is 0 Å². The summed E-state index contributed by atoms with van der Waals surface area (Å²) in [6, 6.07) is 11.8. The molecule has 0 saturated heterocycles. The Bertz CT molecular complexity index is 957. The number of amides is 1. The van der Waals surface area contributed by atoms with Crippen LogP contribution in [0.1, 0.15) is 11.3 Å². The molecule has 0 radical (unpaired) electrons. The zero-order chi connectivity index (χ0) is 17.9. The van der Waals surface area contributed by atoms with Gasteiger partial charge in [0.1, 0.15) is 10.8 Å². The second-order valence-corrected chi connectivity index (χ2v) is 6.65. The van der Waals surface area contributed by atoms with Crippen molar-refractivity contribution in [2.24, 2.45) is 0 Å². The number of ether oxygens (including phenoxy) is 2. The van der Waals surface area contributed by atoms with Crippen LogP contribution in [0.25, 0.3) is 10.6 Å². The normalized spacial score (nSPS) is 12.2. The molecule has 1 aliphatic heterocycles. The first-order valence-electron chi connectivity index (χ1n) is 8.03. The van der Waals surface area contributed by atoms with Crippen LogP contribution in [-0.4, -0.2) is 17.7 Å². The van der Waals surface area contributed by atoms with Crippen LogP contribution in [0.2, 0.25) is 0 Å². The number of aromatic nitrogens is 1. The van der Waals surface area contributed by atoms with E-state index in [1.54, 1.807) is 12.1 Å². The summed E-state index contributed by atoms with van der Waals surface area (Å²) < 4.78 is 23.9. The first-order chi connectivity index (χ1) is 12.7. The average molecular weight is 370 g/mol. The van der Waals surface area contributed by atoms with Crippen LogP contribution in [0.3, 0.4) is 0 Å². The van der Waals surface area contributed by atoms with E-state index in [0.29, 0.717) is 34.3 Å². The van der Waals surface area contributed by atoms with Gasteiger partial charge in [0.15, 0.2) is 11.5 Å². The van der Waals surface area contributed by atoms with E-state index in [-0.39, 0.29) is 24.9 Å². The fourth-order valence-electron chi connectivity index (χ4n) is 2.62. The lowest BCUT2D eigenvalue weighted by Crippen LogP contribution is -2.24. The molecule has 3 aromatic rings. The number of nitrogens with one attached hydrogen (secondary N) is 1. The van der Waals surface area contributed by atoms with Crippen LogP contribution >= 0.6 is 11.3 Å². The lowest BCUT2D eigenvalue weighted by atomic mass is 10.2. The summed E-state index contributed by atoms with van der Waals surface area (Å²) in [6.07, 6.45) is 0.177. The van der Waals surface area contributed by atoms with E-state index in [2.05, 4.69) is 10.3 Å². The van der Waals surface area contributed by atoms with Gasteiger partial charge < -0.3 is 14.8 Å². The maximum atomic E-state index is 13.3. The second-order valence-electron chi connectivity index (χ2n) is 5.80. The molecule has 132 valence electrons. The van der Waals surface area contributed by atoms with E-state index in [9.17, 15) is 9.18 Å². The first-order valence-corrected chi connectivity index (χ1v) is 8.91. The molecule has 0 fully saturated rings. The molecule has 26 heavy (non-hydrogen) atoms. The fraction of sp³-hybridized carbons (Fsp3) is 0.158. The van der Waals surface area contributed by atoms with E-state index in [0.717, 1.165) is 5.56 Å². The predicted octanol–water partition coefficient (Wildman–Crippen LogP) is 3.54. The Balaban J connectivity index is 1.35. The van der Waals surface area contributed by atoms with Crippen molar-refractivity contribution in [3.63, 3.8) is 0 Å². The molecular formula is C19H15FN2O3S. The number of hydrogen-bond donors (Lipinski definition) is 1. The van der Waals surface area contributed by atoms with Crippen LogP contribution in [-0.2, 0) is 17.8 Å². The lowest BCUT2D eigenvalue weighted by molar-refractivity contribution is -0.120. The Morgan fingerprint density at radius 2 is 2.08 bits per heavy atom. The molecule has 0 saturated carbocycles. The van der Waals surface area contributed by atoms with Crippen LogP contribution in [0.15, 0.2) is 47.8 Å². The van der Waals surface area contributed by atoms with Crippen LogP contribution < -0.4 is 14.8 Å². The van der Waals surface area contributed by atoms with E-state index in [4.69, 9.17) is 9.47 Å². The number of nitrogens with zero attached hydrogens (tertiary/aromatic N) is 1. The molecule has 0 bridgehead atoms. The minimum absolute atomic E-state index is 0.126. The molecule has 0 spiro atoms. The number of halogens is 1. The van der Waals surface area contributed by atoms with Crippen molar-refractivity contribution in [3.8, 4) is 22.1 Å². The summed E-state index contributed by atoms with van der Waals surface area (Å²) >= 11 is 1.39. The topological polar surface area (TPSA) is 60.5 Å².